The molecule has 3 aromatic heterocycles. The van der Waals surface area contributed by atoms with E-state index in [9.17, 15) is 14.0 Å². The number of ether oxygens (including phenoxy) is 3. The number of amides is 2. The molecule has 2 N–H and O–H groups in total. The molecule has 2 aromatic carbocycles. The number of hydrogen-bond acceptors (Lipinski definition) is 7. The van der Waals surface area contributed by atoms with Crippen molar-refractivity contribution in [2.75, 3.05) is 19.7 Å². The highest BCUT2D eigenvalue weighted by Crippen LogP contribution is 2.48. The zero-order valence-electron chi connectivity index (χ0n) is 33.7. The maximum atomic E-state index is 14.7. The van der Waals surface area contributed by atoms with E-state index >= 15 is 0 Å². The van der Waals surface area contributed by atoms with Crippen LogP contribution in [0.3, 0.4) is 0 Å². The van der Waals surface area contributed by atoms with E-state index in [1.165, 1.54) is 16.8 Å². The van der Waals surface area contributed by atoms with E-state index in [1.807, 2.05) is 27.0 Å². The van der Waals surface area contributed by atoms with Crippen LogP contribution in [0.2, 0.25) is 0 Å². The topological polar surface area (TPSA) is 131 Å². The quantitative estimate of drug-likeness (QED) is 0.186. The molecule has 2 amide bonds. The number of aromatic nitrogens is 5. The Morgan fingerprint density at radius 3 is 2.16 bits per heavy atom. The zero-order chi connectivity index (χ0) is 39.9. The molecular weight excluding hydrogens is 726 g/mol. The Bertz CT molecular complexity index is 2340. The van der Waals surface area contributed by atoms with Crippen LogP contribution in [0, 0.1) is 5.41 Å². The van der Waals surface area contributed by atoms with Gasteiger partial charge in [-0.05, 0) is 97.6 Å². The number of H-pyrrole nitrogens is 2. The smallest absolute Gasteiger partial charge is 0.411 e. The van der Waals surface area contributed by atoms with Crippen LogP contribution < -0.4 is 4.74 Å². The van der Waals surface area contributed by atoms with E-state index in [-0.39, 0.29) is 30.5 Å². The number of nitrogens with zero attached hydrogens (tertiary/aromatic N) is 5. The largest absolute Gasteiger partial charge is 0.492 e. The molecule has 4 aliphatic rings. The molecule has 1 saturated carbocycles. The maximum Gasteiger partial charge on any atom is 0.411 e. The second-order valence-electron chi connectivity index (χ2n) is 18.4. The number of carbonyl (C=O) groups is 2. The number of likely N-dealkylation sites (tertiary alicyclic amines) is 2. The van der Waals surface area contributed by atoms with Crippen LogP contribution in [0.15, 0.2) is 54.9 Å². The monoisotopic (exact) mass is 777 g/mol. The highest BCUT2D eigenvalue weighted by molar-refractivity contribution is 5.91. The summed E-state index contributed by atoms with van der Waals surface area (Å²) in [5, 5.41) is 1.12. The highest BCUT2D eigenvalue weighted by atomic mass is 19.1. The number of alkyl halides is 1. The second-order valence-corrected chi connectivity index (χ2v) is 18.4. The lowest BCUT2D eigenvalue weighted by molar-refractivity contribution is 0.0204. The van der Waals surface area contributed by atoms with E-state index in [4.69, 9.17) is 19.2 Å². The summed E-state index contributed by atoms with van der Waals surface area (Å²) in [5.41, 5.74) is 5.63. The van der Waals surface area contributed by atoms with Gasteiger partial charge >= 0.3 is 12.2 Å². The predicted octanol–water partition coefficient (Wildman–Crippen LogP) is 9.74. The van der Waals surface area contributed by atoms with Gasteiger partial charge in [0.15, 0.2) is 0 Å². The minimum Gasteiger partial charge on any atom is -0.492 e. The van der Waals surface area contributed by atoms with Gasteiger partial charge in [-0.3, -0.25) is 9.80 Å². The first kappa shape index (κ1) is 37.3. The molecule has 3 atom stereocenters. The molecule has 13 heteroatoms. The predicted molar refractivity (Wildman–Crippen MR) is 214 cm³/mol. The average Bonchev–Trinajstić information content (AvgIpc) is 3.96. The third-order valence-corrected chi connectivity index (χ3v) is 11.8. The second kappa shape index (κ2) is 13.7. The van der Waals surface area contributed by atoms with Gasteiger partial charge in [0.25, 0.3) is 0 Å². The van der Waals surface area contributed by atoms with Crippen molar-refractivity contribution in [3.8, 4) is 39.5 Å². The fourth-order valence-electron chi connectivity index (χ4n) is 8.91. The Labute approximate surface area is 332 Å². The van der Waals surface area contributed by atoms with E-state index in [1.54, 1.807) is 31.9 Å². The Morgan fingerprint density at radius 1 is 0.842 bits per heavy atom. The average molecular weight is 778 g/mol. The standard InChI is InChI=1S/C44H52FN7O5/c1-42(2,3)56-40(53)50-16-7-9-34(50)38-46-21-31(48-38)26-11-13-33-28(17-26)18-35-30-12-10-27(19-37(30)55-25-44(14-8-15-44)24-52(33)35)32-22-47-39(49-32)36-20-29(45)23-51(36)41(54)57-43(4,5)6/h10-13,17-19,21-22,29,34,36H,7-9,14-16,20,23-25H2,1-6H3,(H,46,48)(H,47,49)/t29-,34+,36+/m0/s1. The molecule has 3 aliphatic heterocycles. The van der Waals surface area contributed by atoms with Gasteiger partial charge in [-0.1, -0.05) is 18.6 Å². The number of fused-ring (bicyclic) bond motifs is 5. The number of benzene rings is 2. The molecule has 0 radical (unpaired) electrons. The molecule has 6 heterocycles. The maximum absolute atomic E-state index is 14.7. The van der Waals surface area contributed by atoms with Gasteiger partial charge in [0.05, 0.1) is 54.7 Å². The van der Waals surface area contributed by atoms with Gasteiger partial charge in [-0.2, -0.15) is 0 Å². The molecule has 2 saturated heterocycles. The van der Waals surface area contributed by atoms with Crippen molar-refractivity contribution >= 4 is 23.1 Å². The third kappa shape index (κ3) is 7.14. The lowest BCUT2D eigenvalue weighted by atomic mass is 9.69. The van der Waals surface area contributed by atoms with Crippen LogP contribution >= 0.6 is 0 Å². The fraction of sp³-hybridized carbons (Fsp3) is 0.500. The lowest BCUT2D eigenvalue weighted by Gasteiger charge is -2.43. The number of nitrogens with one attached hydrogen (secondary N) is 2. The summed E-state index contributed by atoms with van der Waals surface area (Å²) in [6.07, 6.45) is 6.87. The number of aromatic amines is 2. The number of hydrogen-bond donors (Lipinski definition) is 2. The minimum atomic E-state index is -1.16. The molecule has 1 aliphatic carbocycles. The summed E-state index contributed by atoms with van der Waals surface area (Å²) in [4.78, 5) is 45.5. The van der Waals surface area contributed by atoms with E-state index in [0.29, 0.717) is 19.0 Å². The Kier molecular flexibility index (Phi) is 8.93. The van der Waals surface area contributed by atoms with E-state index < -0.39 is 29.5 Å². The molecule has 300 valence electrons. The Balaban J connectivity index is 1.01. The van der Waals surface area contributed by atoms with Gasteiger partial charge in [-0.15, -0.1) is 0 Å². The molecule has 9 rings (SSSR count). The first-order chi connectivity index (χ1) is 27.1. The van der Waals surface area contributed by atoms with Crippen molar-refractivity contribution in [1.82, 2.24) is 34.3 Å². The van der Waals surface area contributed by atoms with E-state index in [2.05, 4.69) is 62.0 Å². The zero-order valence-corrected chi connectivity index (χ0v) is 33.7. The summed E-state index contributed by atoms with van der Waals surface area (Å²) >= 11 is 0. The van der Waals surface area contributed by atoms with Gasteiger partial charge in [0, 0.05) is 52.5 Å². The molecule has 0 bridgehead atoms. The number of rotatable bonds is 4. The molecule has 3 fully saturated rings. The SMILES string of the molecule is CC(C)(C)OC(=O)N1CCC[C@@H]1c1ncc(-c2ccc3c(c2)cc2n3CC3(CCC3)COc3cc(-c4cnc([C@H]5C[C@H](F)CN5C(=O)OC(C)(C)C)[nH]4)ccc3-2)[nH]1. The highest BCUT2D eigenvalue weighted by Gasteiger charge is 2.42. The summed E-state index contributed by atoms with van der Waals surface area (Å²) in [6.45, 7) is 13.2. The molecule has 5 aromatic rings. The number of halogens is 1. The van der Waals surface area contributed by atoms with Crippen molar-refractivity contribution in [2.24, 2.45) is 5.41 Å². The lowest BCUT2D eigenvalue weighted by Crippen LogP contribution is -2.40. The fourth-order valence-corrected chi connectivity index (χ4v) is 8.91. The first-order valence-corrected chi connectivity index (χ1v) is 20.3. The van der Waals surface area contributed by atoms with Gasteiger partial charge in [0.2, 0.25) is 0 Å². The number of carbonyl (C=O) groups excluding carboxylic acids is 2. The Morgan fingerprint density at radius 2 is 1.49 bits per heavy atom. The normalized spacial score (nSPS) is 21.8. The van der Waals surface area contributed by atoms with Crippen LogP contribution in [-0.4, -0.2) is 83.6 Å². The van der Waals surface area contributed by atoms with Crippen LogP contribution in [0.1, 0.15) is 104 Å². The summed E-state index contributed by atoms with van der Waals surface area (Å²) in [6, 6.07) is 14.3. The van der Waals surface area contributed by atoms with Crippen LogP contribution in [0.25, 0.3) is 44.7 Å². The molecule has 0 unspecified atom stereocenters. The van der Waals surface area contributed by atoms with Crippen molar-refractivity contribution < 1.29 is 28.2 Å². The van der Waals surface area contributed by atoms with Gasteiger partial charge in [-0.25, -0.2) is 23.9 Å². The molecule has 12 nitrogen and oxygen atoms in total. The van der Waals surface area contributed by atoms with Crippen LogP contribution in [-0.2, 0) is 16.0 Å². The van der Waals surface area contributed by atoms with E-state index in [0.717, 1.165) is 83.0 Å². The first-order valence-electron chi connectivity index (χ1n) is 20.3. The molecule has 57 heavy (non-hydrogen) atoms. The Hall–Kier alpha value is -5.33. The van der Waals surface area contributed by atoms with Gasteiger partial charge < -0.3 is 28.7 Å². The van der Waals surface area contributed by atoms with Crippen molar-refractivity contribution in [2.45, 2.75) is 116 Å². The minimum absolute atomic E-state index is 0.0302. The van der Waals surface area contributed by atoms with Crippen molar-refractivity contribution in [1.29, 1.82) is 0 Å². The molecule has 1 spiro atoms. The molecular formula is C44H52FN7O5. The summed E-state index contributed by atoms with van der Waals surface area (Å²) in [5.74, 6) is 2.09. The number of imidazole rings is 2. The third-order valence-electron chi connectivity index (χ3n) is 11.8. The van der Waals surface area contributed by atoms with Crippen LogP contribution in [0.4, 0.5) is 14.0 Å². The van der Waals surface area contributed by atoms with Crippen molar-refractivity contribution in [3.63, 3.8) is 0 Å². The van der Waals surface area contributed by atoms with Crippen molar-refractivity contribution in [3.05, 3.63) is 66.5 Å². The van der Waals surface area contributed by atoms with Crippen LogP contribution in [0.5, 0.6) is 5.75 Å². The summed E-state index contributed by atoms with van der Waals surface area (Å²) in [7, 11) is 0. The van der Waals surface area contributed by atoms with Gasteiger partial charge in [0.1, 0.15) is 34.8 Å². The summed E-state index contributed by atoms with van der Waals surface area (Å²) < 4.78 is 35.2.